The third-order valence-electron chi connectivity index (χ3n) is 6.53. The number of fused-ring (bicyclic) bond motifs is 1. The first-order valence-corrected chi connectivity index (χ1v) is 11.7. The summed E-state index contributed by atoms with van der Waals surface area (Å²) in [6.07, 6.45) is 0.786. The molecule has 3 heterocycles. The molecule has 1 fully saturated rings. The van der Waals surface area contributed by atoms with Crippen molar-refractivity contribution in [2.24, 2.45) is 5.92 Å². The molecule has 1 unspecified atom stereocenters. The van der Waals surface area contributed by atoms with E-state index in [0.717, 1.165) is 11.6 Å². The zero-order valence-electron chi connectivity index (χ0n) is 19.7. The molecule has 194 valence electrons. The highest BCUT2D eigenvalue weighted by atomic mass is 19.4. The van der Waals surface area contributed by atoms with E-state index in [1.54, 1.807) is 18.2 Å². The molecule has 0 amide bonds. The van der Waals surface area contributed by atoms with Gasteiger partial charge in [-0.3, -0.25) is 9.69 Å². The van der Waals surface area contributed by atoms with Crippen LogP contribution in [0.25, 0.3) is 11.8 Å². The second kappa shape index (κ2) is 9.93. The van der Waals surface area contributed by atoms with Gasteiger partial charge in [-0.2, -0.15) is 13.2 Å². The largest absolute Gasteiger partial charge is 0.489 e. The molecule has 1 saturated heterocycles. The van der Waals surface area contributed by atoms with E-state index in [4.69, 9.17) is 14.6 Å². The predicted molar refractivity (Wildman–Crippen MR) is 127 cm³/mol. The Morgan fingerprint density at radius 1 is 1.16 bits per heavy atom. The van der Waals surface area contributed by atoms with Crippen molar-refractivity contribution in [3.63, 3.8) is 0 Å². The van der Waals surface area contributed by atoms with Gasteiger partial charge in [0.15, 0.2) is 0 Å². The topological polar surface area (TPSA) is 63.9 Å². The SMILES string of the molecule is O=C(O)C1CCN(CC2=Cc3c(F)cc(OCc4ccc(-n5cccc5)c(C(F)(F)F)c4)cc3OC2)C1. The molecular formula is C27H24F4N2O4. The number of ether oxygens (including phenoxy) is 2. The second-order valence-corrected chi connectivity index (χ2v) is 9.20. The van der Waals surface area contributed by atoms with E-state index < -0.39 is 29.4 Å². The summed E-state index contributed by atoms with van der Waals surface area (Å²) in [6.45, 7) is 1.62. The Kier molecular flexibility index (Phi) is 6.68. The fraction of sp³-hybridized carbons (Fsp3) is 0.296. The van der Waals surface area contributed by atoms with Gasteiger partial charge in [0.05, 0.1) is 22.7 Å². The van der Waals surface area contributed by atoms with Crippen LogP contribution in [0.4, 0.5) is 17.6 Å². The van der Waals surface area contributed by atoms with E-state index in [1.165, 1.54) is 41.2 Å². The fourth-order valence-corrected chi connectivity index (χ4v) is 4.67. The van der Waals surface area contributed by atoms with Crippen molar-refractivity contribution in [2.45, 2.75) is 19.2 Å². The number of carboxylic acid groups (broad SMARTS) is 1. The lowest BCUT2D eigenvalue weighted by atomic mass is 10.1. The molecule has 1 atom stereocenters. The summed E-state index contributed by atoms with van der Waals surface area (Å²) in [4.78, 5) is 13.2. The van der Waals surface area contributed by atoms with Gasteiger partial charge in [0, 0.05) is 37.6 Å². The number of hydrogen-bond donors (Lipinski definition) is 1. The molecule has 10 heteroatoms. The van der Waals surface area contributed by atoms with Crippen LogP contribution in [0.3, 0.4) is 0 Å². The zero-order valence-corrected chi connectivity index (χ0v) is 19.7. The number of hydrogen-bond acceptors (Lipinski definition) is 4. The monoisotopic (exact) mass is 516 g/mol. The molecule has 2 aliphatic rings. The Balaban J connectivity index is 1.29. The lowest BCUT2D eigenvalue weighted by Crippen LogP contribution is -2.27. The summed E-state index contributed by atoms with van der Waals surface area (Å²) in [5, 5.41) is 9.17. The first-order chi connectivity index (χ1) is 17.7. The molecule has 0 spiro atoms. The Labute approximate surface area is 210 Å². The molecule has 0 bridgehead atoms. The number of likely N-dealkylation sites (tertiary alicyclic amines) is 1. The van der Waals surface area contributed by atoms with Gasteiger partial charge in [-0.15, -0.1) is 0 Å². The average molecular weight is 516 g/mol. The highest BCUT2D eigenvalue weighted by Crippen LogP contribution is 2.36. The van der Waals surface area contributed by atoms with E-state index in [-0.39, 0.29) is 41.5 Å². The Morgan fingerprint density at radius 2 is 1.95 bits per heavy atom. The molecule has 5 rings (SSSR count). The summed E-state index contributed by atoms with van der Waals surface area (Å²) in [6, 6.07) is 9.93. The van der Waals surface area contributed by atoms with Crippen molar-refractivity contribution < 1.29 is 36.9 Å². The predicted octanol–water partition coefficient (Wildman–Crippen LogP) is 5.40. The summed E-state index contributed by atoms with van der Waals surface area (Å²) >= 11 is 0. The van der Waals surface area contributed by atoms with E-state index >= 15 is 0 Å². The minimum atomic E-state index is -4.56. The number of nitrogens with zero attached hydrogens (tertiary/aromatic N) is 2. The highest BCUT2D eigenvalue weighted by Gasteiger charge is 2.34. The summed E-state index contributed by atoms with van der Waals surface area (Å²) in [5.41, 5.74) is 0.584. The Bertz CT molecular complexity index is 1330. The molecule has 0 radical (unpaired) electrons. The minimum Gasteiger partial charge on any atom is -0.489 e. The van der Waals surface area contributed by atoms with Gasteiger partial charge in [0.25, 0.3) is 0 Å². The maximum Gasteiger partial charge on any atom is 0.418 e. The van der Waals surface area contributed by atoms with Gasteiger partial charge < -0.3 is 19.1 Å². The molecule has 2 aromatic carbocycles. The summed E-state index contributed by atoms with van der Waals surface area (Å²) in [5.74, 6) is -1.37. The summed E-state index contributed by atoms with van der Waals surface area (Å²) in [7, 11) is 0. The molecule has 0 saturated carbocycles. The van der Waals surface area contributed by atoms with Gasteiger partial charge in [0.1, 0.15) is 30.5 Å². The molecule has 0 aliphatic carbocycles. The van der Waals surface area contributed by atoms with Gasteiger partial charge >= 0.3 is 12.1 Å². The first kappa shape index (κ1) is 24.9. The van der Waals surface area contributed by atoms with Gasteiger partial charge in [-0.05, 0) is 54.4 Å². The smallest absolute Gasteiger partial charge is 0.418 e. The number of aliphatic carboxylic acids is 1. The van der Waals surface area contributed by atoms with Crippen molar-refractivity contribution in [3.8, 4) is 17.2 Å². The standard InChI is InChI=1S/C27H24F4N2O4/c28-23-11-20(12-25-21(23)9-18(16-37-25)13-32-8-5-19(14-32)26(34)35)36-15-17-3-4-24(33-6-1-2-7-33)22(10-17)27(29,30)31/h1-4,6-7,9-12,19H,5,8,13-16H2,(H,34,35). The lowest BCUT2D eigenvalue weighted by Gasteiger charge is -2.23. The fourth-order valence-electron chi connectivity index (χ4n) is 4.67. The Hall–Kier alpha value is -3.79. The van der Waals surface area contributed by atoms with Crippen LogP contribution in [0.2, 0.25) is 0 Å². The quantitative estimate of drug-likeness (QED) is 0.427. The molecule has 37 heavy (non-hydrogen) atoms. The van der Waals surface area contributed by atoms with Crippen molar-refractivity contribution in [1.82, 2.24) is 9.47 Å². The number of rotatable bonds is 7. The van der Waals surface area contributed by atoms with Crippen LogP contribution in [0.5, 0.6) is 11.5 Å². The number of aromatic nitrogens is 1. The normalized spacial score (nSPS) is 17.7. The molecular weight excluding hydrogens is 492 g/mol. The van der Waals surface area contributed by atoms with Crippen LogP contribution >= 0.6 is 0 Å². The minimum absolute atomic E-state index is 0.00415. The van der Waals surface area contributed by atoms with Crippen LogP contribution in [0.1, 0.15) is 23.1 Å². The van der Waals surface area contributed by atoms with Crippen molar-refractivity contribution >= 4 is 12.0 Å². The zero-order chi connectivity index (χ0) is 26.2. The third kappa shape index (κ3) is 5.48. The van der Waals surface area contributed by atoms with Gasteiger partial charge in [-0.1, -0.05) is 6.07 Å². The van der Waals surface area contributed by atoms with Crippen LogP contribution < -0.4 is 9.47 Å². The average Bonchev–Trinajstić information content (AvgIpc) is 3.55. The van der Waals surface area contributed by atoms with E-state index in [9.17, 15) is 22.4 Å². The van der Waals surface area contributed by atoms with Crippen LogP contribution in [0.15, 0.2) is 60.4 Å². The summed E-state index contributed by atoms with van der Waals surface area (Å²) < 4.78 is 68.7. The number of alkyl halides is 3. The van der Waals surface area contributed by atoms with Crippen LogP contribution in [-0.2, 0) is 17.6 Å². The maximum absolute atomic E-state index is 14.9. The van der Waals surface area contributed by atoms with Crippen molar-refractivity contribution in [1.29, 1.82) is 0 Å². The number of carboxylic acids is 1. The van der Waals surface area contributed by atoms with Gasteiger partial charge in [0.2, 0.25) is 0 Å². The molecule has 6 nitrogen and oxygen atoms in total. The van der Waals surface area contributed by atoms with Crippen LogP contribution in [-0.4, -0.2) is 46.8 Å². The van der Waals surface area contributed by atoms with Crippen LogP contribution in [0, 0.1) is 11.7 Å². The first-order valence-electron chi connectivity index (χ1n) is 11.7. The lowest BCUT2D eigenvalue weighted by molar-refractivity contribution is -0.141. The van der Waals surface area contributed by atoms with E-state index in [1.807, 2.05) is 4.90 Å². The molecule has 2 aliphatic heterocycles. The Morgan fingerprint density at radius 3 is 2.65 bits per heavy atom. The molecule has 1 aromatic heterocycles. The number of carbonyl (C=O) groups is 1. The van der Waals surface area contributed by atoms with E-state index in [2.05, 4.69) is 0 Å². The van der Waals surface area contributed by atoms with Crippen molar-refractivity contribution in [2.75, 3.05) is 26.2 Å². The van der Waals surface area contributed by atoms with E-state index in [0.29, 0.717) is 26.1 Å². The number of benzene rings is 2. The maximum atomic E-state index is 14.9. The third-order valence-corrected chi connectivity index (χ3v) is 6.53. The van der Waals surface area contributed by atoms with Crippen molar-refractivity contribution in [3.05, 3.63) is 82.9 Å². The molecule has 1 N–H and O–H groups in total. The highest BCUT2D eigenvalue weighted by molar-refractivity contribution is 5.70. The second-order valence-electron chi connectivity index (χ2n) is 9.20. The number of halogens is 4. The van der Waals surface area contributed by atoms with Gasteiger partial charge in [-0.25, -0.2) is 4.39 Å². The molecule has 3 aromatic rings.